The first-order valence-electron chi connectivity index (χ1n) is 6.55. The summed E-state index contributed by atoms with van der Waals surface area (Å²) in [6.07, 6.45) is 0.838. The molecule has 106 valence electrons. The Labute approximate surface area is 127 Å². The number of nitrogen functional groups attached to an aromatic ring is 1. The first-order chi connectivity index (χ1) is 9.75. The van der Waals surface area contributed by atoms with Crippen molar-refractivity contribution in [2.75, 3.05) is 18.9 Å². The Balaban J connectivity index is 1.60. The van der Waals surface area contributed by atoms with Crippen LogP contribution in [0.4, 0.5) is 5.69 Å². The maximum absolute atomic E-state index is 5.79. The van der Waals surface area contributed by atoms with Crippen molar-refractivity contribution in [3.8, 4) is 5.75 Å². The highest BCUT2D eigenvalue weighted by Crippen LogP contribution is 2.19. The summed E-state index contributed by atoms with van der Waals surface area (Å²) in [5.41, 5.74) is 7.63. The van der Waals surface area contributed by atoms with Crippen LogP contribution in [-0.2, 0) is 11.3 Å². The molecule has 0 aliphatic carbocycles. The molecule has 0 radical (unpaired) electrons. The minimum Gasteiger partial charge on any atom is -0.491 e. The van der Waals surface area contributed by atoms with Gasteiger partial charge in [-0.1, -0.05) is 40.2 Å². The quantitative estimate of drug-likeness (QED) is 0.614. The molecule has 0 bridgehead atoms. The molecule has 20 heavy (non-hydrogen) atoms. The smallest absolute Gasteiger partial charge is 0.142 e. The van der Waals surface area contributed by atoms with Crippen LogP contribution in [0.25, 0.3) is 0 Å². The third kappa shape index (κ3) is 4.87. The van der Waals surface area contributed by atoms with Gasteiger partial charge in [0.15, 0.2) is 0 Å². The van der Waals surface area contributed by atoms with Crippen LogP contribution in [0.15, 0.2) is 53.0 Å². The number of halogens is 1. The standard InChI is InChI=1S/C16H18BrNO2/c17-14-8-6-13(7-9-14)12-19-10-3-11-20-16-5-2-1-4-15(16)18/h1-2,4-9H,3,10-12,18H2. The molecule has 2 aromatic rings. The van der Waals surface area contributed by atoms with E-state index in [2.05, 4.69) is 15.9 Å². The van der Waals surface area contributed by atoms with Crippen LogP contribution in [0.2, 0.25) is 0 Å². The number of benzene rings is 2. The lowest BCUT2D eigenvalue weighted by Gasteiger charge is -2.09. The fourth-order valence-electron chi connectivity index (χ4n) is 1.73. The maximum atomic E-state index is 5.79. The van der Waals surface area contributed by atoms with Crippen molar-refractivity contribution in [1.29, 1.82) is 0 Å². The number of hydrogen-bond acceptors (Lipinski definition) is 3. The second-order valence-electron chi connectivity index (χ2n) is 4.42. The van der Waals surface area contributed by atoms with Gasteiger partial charge in [-0.25, -0.2) is 0 Å². The van der Waals surface area contributed by atoms with Gasteiger partial charge in [0.25, 0.3) is 0 Å². The van der Waals surface area contributed by atoms with Gasteiger partial charge >= 0.3 is 0 Å². The van der Waals surface area contributed by atoms with Crippen molar-refractivity contribution < 1.29 is 9.47 Å². The summed E-state index contributed by atoms with van der Waals surface area (Å²) in [4.78, 5) is 0. The summed E-state index contributed by atoms with van der Waals surface area (Å²) in [5.74, 6) is 0.736. The third-order valence-electron chi connectivity index (χ3n) is 2.79. The number of ether oxygens (including phenoxy) is 2. The number of rotatable bonds is 7. The second-order valence-corrected chi connectivity index (χ2v) is 5.33. The lowest BCUT2D eigenvalue weighted by molar-refractivity contribution is 0.107. The minimum atomic E-state index is 0.606. The molecular weight excluding hydrogens is 318 g/mol. The highest BCUT2D eigenvalue weighted by atomic mass is 79.9. The van der Waals surface area contributed by atoms with Gasteiger partial charge in [0.2, 0.25) is 0 Å². The maximum Gasteiger partial charge on any atom is 0.142 e. The van der Waals surface area contributed by atoms with Crippen LogP contribution >= 0.6 is 15.9 Å². The van der Waals surface area contributed by atoms with Crippen LogP contribution in [0, 0.1) is 0 Å². The third-order valence-corrected chi connectivity index (χ3v) is 3.32. The zero-order chi connectivity index (χ0) is 14.2. The van der Waals surface area contributed by atoms with E-state index < -0.39 is 0 Å². The summed E-state index contributed by atoms with van der Waals surface area (Å²) in [5, 5.41) is 0. The molecule has 2 N–H and O–H groups in total. The fraction of sp³-hybridized carbons (Fsp3) is 0.250. The average molecular weight is 336 g/mol. The van der Waals surface area contributed by atoms with Gasteiger partial charge in [0, 0.05) is 10.9 Å². The van der Waals surface area contributed by atoms with Gasteiger partial charge in [-0.05, 0) is 29.8 Å². The van der Waals surface area contributed by atoms with Crippen LogP contribution in [-0.4, -0.2) is 13.2 Å². The van der Waals surface area contributed by atoms with Crippen LogP contribution in [0.1, 0.15) is 12.0 Å². The molecule has 3 nitrogen and oxygen atoms in total. The van der Waals surface area contributed by atoms with Gasteiger partial charge in [-0.3, -0.25) is 0 Å². The summed E-state index contributed by atoms with van der Waals surface area (Å²) < 4.78 is 12.3. The molecular formula is C16H18BrNO2. The van der Waals surface area contributed by atoms with Gasteiger partial charge in [0.05, 0.1) is 25.5 Å². The highest BCUT2D eigenvalue weighted by molar-refractivity contribution is 9.10. The van der Waals surface area contributed by atoms with Gasteiger partial charge in [-0.2, -0.15) is 0 Å². The summed E-state index contributed by atoms with van der Waals surface area (Å²) in [6, 6.07) is 15.6. The minimum absolute atomic E-state index is 0.606. The molecule has 2 rings (SSSR count). The first kappa shape index (κ1) is 14.9. The summed E-state index contributed by atoms with van der Waals surface area (Å²) in [6.45, 7) is 1.90. The molecule has 2 aromatic carbocycles. The van der Waals surface area contributed by atoms with E-state index in [1.807, 2.05) is 48.5 Å². The molecule has 0 aromatic heterocycles. The zero-order valence-electron chi connectivity index (χ0n) is 11.2. The number of nitrogens with two attached hydrogens (primary N) is 1. The summed E-state index contributed by atoms with van der Waals surface area (Å²) in [7, 11) is 0. The van der Waals surface area contributed by atoms with Gasteiger partial charge in [0.1, 0.15) is 5.75 Å². The van der Waals surface area contributed by atoms with Crippen molar-refractivity contribution in [2.24, 2.45) is 0 Å². The predicted molar refractivity (Wildman–Crippen MR) is 84.8 cm³/mol. The molecule has 0 fully saturated rings. The van der Waals surface area contributed by atoms with E-state index in [1.165, 1.54) is 5.56 Å². The van der Waals surface area contributed by atoms with E-state index in [1.54, 1.807) is 0 Å². The number of anilines is 1. The monoisotopic (exact) mass is 335 g/mol. The number of para-hydroxylation sites is 2. The van der Waals surface area contributed by atoms with Crippen molar-refractivity contribution in [2.45, 2.75) is 13.0 Å². The van der Waals surface area contributed by atoms with Crippen LogP contribution in [0.3, 0.4) is 0 Å². The van der Waals surface area contributed by atoms with E-state index in [0.717, 1.165) is 16.6 Å². The normalized spacial score (nSPS) is 10.4. The summed E-state index contributed by atoms with van der Waals surface area (Å²) >= 11 is 3.41. The van der Waals surface area contributed by atoms with Crippen molar-refractivity contribution >= 4 is 21.6 Å². The molecule has 0 heterocycles. The molecule has 4 heteroatoms. The highest BCUT2D eigenvalue weighted by Gasteiger charge is 1.98. The van der Waals surface area contributed by atoms with Gasteiger partial charge < -0.3 is 15.2 Å². The Morgan fingerprint density at radius 3 is 2.45 bits per heavy atom. The lowest BCUT2D eigenvalue weighted by atomic mass is 10.2. The van der Waals surface area contributed by atoms with Crippen LogP contribution in [0.5, 0.6) is 5.75 Å². The first-order valence-corrected chi connectivity index (χ1v) is 7.34. The second kappa shape index (κ2) is 7.92. The fourth-order valence-corrected chi connectivity index (χ4v) is 1.99. The van der Waals surface area contributed by atoms with Crippen molar-refractivity contribution in [3.63, 3.8) is 0 Å². The largest absolute Gasteiger partial charge is 0.491 e. The Bertz CT molecular complexity index is 528. The Kier molecular flexibility index (Phi) is 5.89. The van der Waals surface area contributed by atoms with E-state index in [9.17, 15) is 0 Å². The SMILES string of the molecule is Nc1ccccc1OCCCOCc1ccc(Br)cc1. The van der Waals surface area contributed by atoms with Gasteiger partial charge in [-0.15, -0.1) is 0 Å². The zero-order valence-corrected chi connectivity index (χ0v) is 12.8. The average Bonchev–Trinajstić information content (AvgIpc) is 2.46. The van der Waals surface area contributed by atoms with E-state index >= 15 is 0 Å². The Hall–Kier alpha value is -1.52. The molecule has 0 saturated carbocycles. The van der Waals surface area contributed by atoms with E-state index in [-0.39, 0.29) is 0 Å². The Morgan fingerprint density at radius 1 is 0.950 bits per heavy atom. The lowest BCUT2D eigenvalue weighted by Crippen LogP contribution is -2.04. The van der Waals surface area contributed by atoms with Crippen LogP contribution < -0.4 is 10.5 Å². The molecule has 0 amide bonds. The van der Waals surface area contributed by atoms with E-state index in [4.69, 9.17) is 15.2 Å². The number of hydrogen-bond donors (Lipinski definition) is 1. The molecule has 0 atom stereocenters. The Morgan fingerprint density at radius 2 is 1.70 bits per heavy atom. The molecule has 0 unspecified atom stereocenters. The van der Waals surface area contributed by atoms with Crippen molar-refractivity contribution in [1.82, 2.24) is 0 Å². The molecule has 0 aliphatic rings. The molecule has 0 saturated heterocycles. The molecule has 0 aliphatic heterocycles. The van der Waals surface area contributed by atoms with Crippen molar-refractivity contribution in [3.05, 3.63) is 58.6 Å². The van der Waals surface area contributed by atoms with E-state index in [0.29, 0.717) is 25.5 Å². The molecule has 0 spiro atoms. The topological polar surface area (TPSA) is 44.5 Å². The predicted octanol–water partition coefficient (Wildman–Crippen LogP) is 4.02.